The number of hydrogen-bond donors (Lipinski definition) is 0. The molecule has 1 aliphatic rings. The lowest BCUT2D eigenvalue weighted by Gasteiger charge is -2.13. The van der Waals surface area contributed by atoms with Crippen LogP contribution in [0, 0.1) is 0 Å². The van der Waals surface area contributed by atoms with Gasteiger partial charge in [0.2, 0.25) is 0 Å². The van der Waals surface area contributed by atoms with E-state index in [1.54, 1.807) is 0 Å². The van der Waals surface area contributed by atoms with Gasteiger partial charge in [0, 0.05) is 15.9 Å². The maximum atomic E-state index is 6.10. The van der Waals surface area contributed by atoms with Crippen LogP contribution in [-0.2, 0) is 6.42 Å². The van der Waals surface area contributed by atoms with Gasteiger partial charge in [0.15, 0.2) is 0 Å². The highest BCUT2D eigenvalue weighted by molar-refractivity contribution is 9.10. The van der Waals surface area contributed by atoms with E-state index in [1.807, 2.05) is 18.2 Å². The largest absolute Gasteiger partial charge is 0.493 e. The third-order valence-corrected chi connectivity index (χ3v) is 4.92. The summed E-state index contributed by atoms with van der Waals surface area (Å²) in [6, 6.07) is 12.3. The normalized spacial score (nSPS) is 14.9. The van der Waals surface area contributed by atoms with Crippen molar-refractivity contribution in [2.45, 2.75) is 11.2 Å². The number of rotatable bonds is 2. The molecular weight excluding hydrogens is 391 g/mol. The molecule has 0 aromatic heterocycles. The van der Waals surface area contributed by atoms with E-state index in [9.17, 15) is 0 Å². The molecule has 0 amide bonds. The minimum Gasteiger partial charge on any atom is -0.493 e. The molecule has 0 saturated carbocycles. The monoisotopic (exact) mass is 400 g/mol. The van der Waals surface area contributed by atoms with Crippen LogP contribution in [0.1, 0.15) is 21.5 Å². The smallest absolute Gasteiger partial charge is 0.122 e. The van der Waals surface area contributed by atoms with Crippen molar-refractivity contribution in [3.63, 3.8) is 0 Å². The maximum Gasteiger partial charge on any atom is 0.122 e. The van der Waals surface area contributed by atoms with Crippen LogP contribution >= 0.6 is 43.5 Å². The molecule has 0 saturated heterocycles. The molecule has 0 spiro atoms. The van der Waals surface area contributed by atoms with E-state index in [-0.39, 0.29) is 4.83 Å². The number of fused-ring (bicyclic) bond motifs is 1. The van der Waals surface area contributed by atoms with Gasteiger partial charge in [-0.3, -0.25) is 0 Å². The Balaban J connectivity index is 1.97. The van der Waals surface area contributed by atoms with E-state index in [2.05, 4.69) is 50.1 Å². The summed E-state index contributed by atoms with van der Waals surface area (Å²) in [7, 11) is 0. The van der Waals surface area contributed by atoms with Crippen LogP contribution in [0.2, 0.25) is 5.02 Å². The molecule has 19 heavy (non-hydrogen) atoms. The second kappa shape index (κ2) is 5.47. The standard InChI is InChI=1S/C15H11Br2ClO/c16-12-6-11(7-13(18)8-12)15(17)10-1-2-14-9(5-10)3-4-19-14/h1-2,5-8,15H,3-4H2. The molecule has 1 unspecified atom stereocenters. The second-order valence-corrected chi connectivity index (χ2v) is 6.80. The quantitative estimate of drug-likeness (QED) is 0.601. The topological polar surface area (TPSA) is 9.23 Å². The van der Waals surface area contributed by atoms with Crippen molar-refractivity contribution in [3.05, 3.63) is 62.6 Å². The first kappa shape index (κ1) is 13.5. The fourth-order valence-corrected chi connectivity index (χ4v) is 3.71. The highest BCUT2D eigenvalue weighted by Crippen LogP contribution is 2.37. The summed E-state index contributed by atoms with van der Waals surface area (Å²) in [4.78, 5) is 0.133. The van der Waals surface area contributed by atoms with Crippen molar-refractivity contribution >= 4 is 43.5 Å². The summed E-state index contributed by atoms with van der Waals surface area (Å²) >= 11 is 13.3. The van der Waals surface area contributed by atoms with Gasteiger partial charge < -0.3 is 4.74 Å². The molecule has 1 aliphatic heterocycles. The zero-order chi connectivity index (χ0) is 13.4. The zero-order valence-electron chi connectivity index (χ0n) is 10.00. The van der Waals surface area contributed by atoms with Crippen LogP contribution in [0.15, 0.2) is 40.9 Å². The summed E-state index contributed by atoms with van der Waals surface area (Å²) in [6.07, 6.45) is 0.988. The molecule has 98 valence electrons. The molecule has 2 aromatic rings. The maximum absolute atomic E-state index is 6.10. The molecule has 2 aromatic carbocycles. The van der Waals surface area contributed by atoms with Gasteiger partial charge in [0.05, 0.1) is 11.4 Å². The second-order valence-electron chi connectivity index (χ2n) is 4.53. The predicted molar refractivity (Wildman–Crippen MR) is 85.6 cm³/mol. The SMILES string of the molecule is Clc1cc(Br)cc(C(Br)c2ccc3c(c2)CCO3)c1. The van der Waals surface area contributed by atoms with Crippen LogP contribution in [-0.4, -0.2) is 6.61 Å². The van der Waals surface area contributed by atoms with Gasteiger partial charge in [0.1, 0.15) is 5.75 Å². The van der Waals surface area contributed by atoms with E-state index in [1.165, 1.54) is 11.1 Å². The fraction of sp³-hybridized carbons (Fsp3) is 0.200. The Morgan fingerprint density at radius 1 is 1.11 bits per heavy atom. The first-order valence-electron chi connectivity index (χ1n) is 5.99. The number of halogens is 3. The molecule has 0 radical (unpaired) electrons. The molecule has 3 rings (SSSR count). The lowest BCUT2D eigenvalue weighted by molar-refractivity contribution is 0.357. The van der Waals surface area contributed by atoms with E-state index in [0.717, 1.165) is 33.8 Å². The lowest BCUT2D eigenvalue weighted by Crippen LogP contribution is -1.94. The molecule has 4 heteroatoms. The molecule has 0 bridgehead atoms. The molecular formula is C15H11Br2ClO. The summed E-state index contributed by atoms with van der Waals surface area (Å²) < 4.78 is 6.52. The Morgan fingerprint density at radius 2 is 1.95 bits per heavy atom. The number of alkyl halides is 1. The first-order chi connectivity index (χ1) is 9.13. The molecule has 1 atom stereocenters. The fourth-order valence-electron chi connectivity index (χ4n) is 2.28. The van der Waals surface area contributed by atoms with Crippen LogP contribution in [0.4, 0.5) is 0 Å². The highest BCUT2D eigenvalue weighted by Gasteiger charge is 2.17. The Morgan fingerprint density at radius 3 is 2.74 bits per heavy atom. The average molecular weight is 403 g/mol. The minimum absolute atomic E-state index is 0.133. The molecule has 0 N–H and O–H groups in total. The molecule has 1 heterocycles. The van der Waals surface area contributed by atoms with Gasteiger partial charge in [-0.25, -0.2) is 0 Å². The number of hydrogen-bond acceptors (Lipinski definition) is 1. The van der Waals surface area contributed by atoms with Crippen LogP contribution in [0.3, 0.4) is 0 Å². The summed E-state index contributed by atoms with van der Waals surface area (Å²) in [5, 5.41) is 0.735. The van der Waals surface area contributed by atoms with Crippen LogP contribution < -0.4 is 4.74 Å². The van der Waals surface area contributed by atoms with E-state index in [0.29, 0.717) is 0 Å². The van der Waals surface area contributed by atoms with Crippen molar-refractivity contribution in [1.82, 2.24) is 0 Å². The van der Waals surface area contributed by atoms with Crippen LogP contribution in [0.5, 0.6) is 5.75 Å². The Labute approximate surface area is 134 Å². The van der Waals surface area contributed by atoms with Crippen molar-refractivity contribution < 1.29 is 4.74 Å². The summed E-state index contributed by atoms with van der Waals surface area (Å²) in [5.74, 6) is 1.01. The Bertz CT molecular complexity index is 607. The first-order valence-corrected chi connectivity index (χ1v) is 8.08. The molecule has 0 aliphatic carbocycles. The van der Waals surface area contributed by atoms with E-state index in [4.69, 9.17) is 16.3 Å². The van der Waals surface area contributed by atoms with Gasteiger partial charge >= 0.3 is 0 Å². The van der Waals surface area contributed by atoms with E-state index < -0.39 is 0 Å². The third-order valence-electron chi connectivity index (χ3n) is 3.18. The summed E-state index contributed by atoms with van der Waals surface area (Å²) in [6.45, 7) is 0.786. The average Bonchev–Trinajstić information content (AvgIpc) is 2.83. The summed E-state index contributed by atoms with van der Waals surface area (Å²) in [5.41, 5.74) is 3.64. The number of ether oxygens (including phenoxy) is 1. The highest BCUT2D eigenvalue weighted by atomic mass is 79.9. The van der Waals surface area contributed by atoms with Gasteiger partial charge in [-0.05, 0) is 41.0 Å². The Kier molecular flexibility index (Phi) is 3.88. The minimum atomic E-state index is 0.133. The number of benzene rings is 2. The van der Waals surface area contributed by atoms with Crippen molar-refractivity contribution in [1.29, 1.82) is 0 Å². The van der Waals surface area contributed by atoms with Crippen molar-refractivity contribution in [2.75, 3.05) is 6.61 Å². The third kappa shape index (κ3) is 2.83. The van der Waals surface area contributed by atoms with Crippen LogP contribution in [0.25, 0.3) is 0 Å². The van der Waals surface area contributed by atoms with Gasteiger partial charge in [-0.2, -0.15) is 0 Å². The molecule has 1 nitrogen and oxygen atoms in total. The van der Waals surface area contributed by atoms with E-state index >= 15 is 0 Å². The lowest BCUT2D eigenvalue weighted by atomic mass is 10.0. The van der Waals surface area contributed by atoms with Gasteiger partial charge in [-0.1, -0.05) is 55.6 Å². The molecule has 0 fully saturated rings. The Hall–Kier alpha value is -0.510. The van der Waals surface area contributed by atoms with Gasteiger partial charge in [-0.15, -0.1) is 0 Å². The van der Waals surface area contributed by atoms with Gasteiger partial charge in [0.25, 0.3) is 0 Å². The van der Waals surface area contributed by atoms with Crippen molar-refractivity contribution in [3.8, 4) is 5.75 Å². The zero-order valence-corrected chi connectivity index (χ0v) is 13.9. The predicted octanol–water partition coefficient (Wildman–Crippen LogP) is 5.52. The van der Waals surface area contributed by atoms with Crippen molar-refractivity contribution in [2.24, 2.45) is 0 Å².